The summed E-state index contributed by atoms with van der Waals surface area (Å²) in [5, 5.41) is 0. The Labute approximate surface area is 76.8 Å². The van der Waals surface area contributed by atoms with Gasteiger partial charge in [0.15, 0.2) is 0 Å². The summed E-state index contributed by atoms with van der Waals surface area (Å²) in [7, 11) is -3.49. The summed E-state index contributed by atoms with van der Waals surface area (Å²) in [4.78, 5) is 0. The van der Waals surface area contributed by atoms with Gasteiger partial charge in [0.25, 0.3) is 0 Å². The molecule has 0 aromatic heterocycles. The minimum absolute atomic E-state index is 0.173. The van der Waals surface area contributed by atoms with E-state index < -0.39 is 10.3 Å². The molecule has 0 aliphatic carbocycles. The highest BCUT2D eigenvalue weighted by Crippen LogP contribution is 2.19. The van der Waals surface area contributed by atoms with Gasteiger partial charge in [-0.25, -0.2) is 0 Å². The zero-order chi connectivity index (χ0) is 9.31. The molecule has 1 fully saturated rings. The maximum atomic E-state index is 10.9. The molecule has 1 saturated heterocycles. The monoisotopic (exact) mass is 199 g/mol. The van der Waals surface area contributed by atoms with Crippen molar-refractivity contribution in [2.75, 3.05) is 6.61 Å². The zero-order valence-corrected chi connectivity index (χ0v) is 7.62. The molecule has 0 radical (unpaired) electrons. The third kappa shape index (κ3) is 1.88. The molecule has 70 valence electrons. The number of hydrogen-bond acceptors (Lipinski definition) is 3. The minimum atomic E-state index is -3.49. The van der Waals surface area contributed by atoms with Crippen LogP contribution in [0.5, 0.6) is 0 Å². The molecule has 0 bridgehead atoms. The van der Waals surface area contributed by atoms with Crippen LogP contribution < -0.4 is 4.72 Å². The van der Waals surface area contributed by atoms with Gasteiger partial charge in [-0.05, 0) is 5.56 Å². The van der Waals surface area contributed by atoms with Crippen molar-refractivity contribution in [3.63, 3.8) is 0 Å². The number of benzene rings is 1. The second kappa shape index (κ2) is 3.10. The third-order valence-corrected chi connectivity index (χ3v) is 2.90. The average molecular weight is 199 g/mol. The molecule has 0 amide bonds. The lowest BCUT2D eigenvalue weighted by molar-refractivity contribution is 0.338. The normalized spacial score (nSPS) is 26.0. The van der Waals surface area contributed by atoms with Crippen LogP contribution in [0.4, 0.5) is 0 Å². The van der Waals surface area contributed by atoms with Gasteiger partial charge < -0.3 is 0 Å². The zero-order valence-electron chi connectivity index (χ0n) is 6.80. The van der Waals surface area contributed by atoms with Gasteiger partial charge in [0.2, 0.25) is 0 Å². The lowest BCUT2D eigenvalue weighted by atomic mass is 10.1. The van der Waals surface area contributed by atoms with E-state index in [1.54, 1.807) is 0 Å². The van der Waals surface area contributed by atoms with Crippen LogP contribution in [0.3, 0.4) is 0 Å². The van der Waals surface area contributed by atoms with Gasteiger partial charge in [-0.3, -0.25) is 4.18 Å². The van der Waals surface area contributed by atoms with E-state index in [9.17, 15) is 8.42 Å². The summed E-state index contributed by atoms with van der Waals surface area (Å²) < 4.78 is 28.7. The molecule has 0 saturated carbocycles. The van der Waals surface area contributed by atoms with E-state index in [0.717, 1.165) is 5.56 Å². The Hall–Kier alpha value is -0.910. The van der Waals surface area contributed by atoms with Crippen LogP contribution in [0.1, 0.15) is 11.6 Å². The molecule has 1 aliphatic rings. The van der Waals surface area contributed by atoms with E-state index >= 15 is 0 Å². The van der Waals surface area contributed by atoms with E-state index in [4.69, 9.17) is 0 Å². The van der Waals surface area contributed by atoms with Gasteiger partial charge >= 0.3 is 10.3 Å². The maximum Gasteiger partial charge on any atom is 0.336 e. The molecule has 13 heavy (non-hydrogen) atoms. The van der Waals surface area contributed by atoms with Crippen molar-refractivity contribution < 1.29 is 12.6 Å². The van der Waals surface area contributed by atoms with Crippen LogP contribution in [0, 0.1) is 0 Å². The van der Waals surface area contributed by atoms with Gasteiger partial charge in [-0.1, -0.05) is 30.3 Å². The van der Waals surface area contributed by atoms with Gasteiger partial charge in [0.05, 0.1) is 12.6 Å². The standard InChI is InChI=1S/C8H9NO3S/c10-13(11)9-8(6-12-13)7-4-2-1-3-5-7/h1-5,8-9H,6H2. The van der Waals surface area contributed by atoms with Crippen molar-refractivity contribution in [2.45, 2.75) is 6.04 Å². The maximum absolute atomic E-state index is 10.9. The van der Waals surface area contributed by atoms with Crippen molar-refractivity contribution >= 4 is 10.3 Å². The Kier molecular flexibility index (Phi) is 2.07. The Morgan fingerprint density at radius 2 is 2.00 bits per heavy atom. The van der Waals surface area contributed by atoms with E-state index in [2.05, 4.69) is 8.91 Å². The van der Waals surface area contributed by atoms with Crippen LogP contribution in [-0.2, 0) is 14.5 Å². The fourth-order valence-corrected chi connectivity index (χ4v) is 2.19. The van der Waals surface area contributed by atoms with E-state index in [1.165, 1.54) is 0 Å². The molecule has 0 spiro atoms. The second-order valence-corrected chi connectivity index (χ2v) is 4.20. The molecular weight excluding hydrogens is 190 g/mol. The third-order valence-electron chi connectivity index (χ3n) is 1.88. The molecule has 1 aliphatic heterocycles. The van der Waals surface area contributed by atoms with Crippen molar-refractivity contribution in [2.24, 2.45) is 0 Å². The van der Waals surface area contributed by atoms with Crippen LogP contribution in [0.2, 0.25) is 0 Å². The number of hydrogen-bond donors (Lipinski definition) is 1. The second-order valence-electron chi connectivity index (χ2n) is 2.82. The topological polar surface area (TPSA) is 55.4 Å². The van der Waals surface area contributed by atoms with Gasteiger partial charge in [-0.2, -0.15) is 13.1 Å². The molecule has 4 nitrogen and oxygen atoms in total. The SMILES string of the molecule is O=S1(=O)NC(c2ccccc2)CO1. The summed E-state index contributed by atoms with van der Waals surface area (Å²) in [6, 6.07) is 9.09. The predicted octanol–water partition coefficient (Wildman–Crippen LogP) is 0.592. The first-order valence-electron chi connectivity index (χ1n) is 3.89. The first-order chi connectivity index (χ1) is 6.17. The van der Waals surface area contributed by atoms with Crippen molar-refractivity contribution in [1.82, 2.24) is 4.72 Å². The van der Waals surface area contributed by atoms with Crippen LogP contribution in [0.15, 0.2) is 30.3 Å². The molecule has 1 atom stereocenters. The minimum Gasteiger partial charge on any atom is -0.256 e. The Morgan fingerprint density at radius 1 is 1.31 bits per heavy atom. The molecule has 1 aromatic carbocycles. The smallest absolute Gasteiger partial charge is 0.256 e. The van der Waals surface area contributed by atoms with Gasteiger partial charge in [-0.15, -0.1) is 0 Å². The van der Waals surface area contributed by atoms with Crippen molar-refractivity contribution in [3.8, 4) is 0 Å². The number of rotatable bonds is 1. The quantitative estimate of drug-likeness (QED) is 0.720. The summed E-state index contributed by atoms with van der Waals surface area (Å²) >= 11 is 0. The van der Waals surface area contributed by atoms with E-state index in [-0.39, 0.29) is 12.6 Å². The van der Waals surface area contributed by atoms with Crippen molar-refractivity contribution in [1.29, 1.82) is 0 Å². The number of nitrogens with one attached hydrogen (secondary N) is 1. The van der Waals surface area contributed by atoms with Crippen LogP contribution in [0.25, 0.3) is 0 Å². The lowest BCUT2D eigenvalue weighted by Crippen LogP contribution is -2.19. The first-order valence-corrected chi connectivity index (χ1v) is 5.30. The van der Waals surface area contributed by atoms with E-state index in [0.29, 0.717) is 0 Å². The lowest BCUT2D eigenvalue weighted by Gasteiger charge is -2.05. The Morgan fingerprint density at radius 3 is 2.54 bits per heavy atom. The van der Waals surface area contributed by atoms with E-state index in [1.807, 2.05) is 30.3 Å². The molecule has 1 unspecified atom stereocenters. The molecule has 2 rings (SSSR count). The molecular formula is C8H9NO3S. The van der Waals surface area contributed by atoms with Gasteiger partial charge in [0.1, 0.15) is 0 Å². The first kappa shape index (κ1) is 8.68. The highest BCUT2D eigenvalue weighted by Gasteiger charge is 2.28. The molecule has 1 aromatic rings. The summed E-state index contributed by atoms with van der Waals surface area (Å²) in [5.41, 5.74) is 0.920. The fourth-order valence-electron chi connectivity index (χ4n) is 1.25. The summed E-state index contributed by atoms with van der Waals surface area (Å²) in [5.74, 6) is 0. The fraction of sp³-hybridized carbons (Fsp3) is 0.250. The molecule has 1 heterocycles. The molecule has 1 N–H and O–H groups in total. The largest absolute Gasteiger partial charge is 0.336 e. The van der Waals surface area contributed by atoms with Gasteiger partial charge in [0, 0.05) is 0 Å². The highest BCUT2D eigenvalue weighted by molar-refractivity contribution is 7.84. The predicted molar refractivity (Wildman–Crippen MR) is 47.2 cm³/mol. The van der Waals surface area contributed by atoms with Crippen LogP contribution in [-0.4, -0.2) is 15.0 Å². The molecule has 5 heteroatoms. The average Bonchev–Trinajstić information content (AvgIpc) is 2.48. The van der Waals surface area contributed by atoms with Crippen LogP contribution >= 0.6 is 0 Å². The van der Waals surface area contributed by atoms with Crippen molar-refractivity contribution in [3.05, 3.63) is 35.9 Å². The Bertz CT molecular complexity index is 387. The summed E-state index contributed by atoms with van der Waals surface area (Å²) in [6.07, 6.45) is 0. The highest BCUT2D eigenvalue weighted by atomic mass is 32.2. The Balaban J connectivity index is 2.22. The summed E-state index contributed by atoms with van der Waals surface area (Å²) in [6.45, 7) is 0.173.